The molecule has 1 saturated heterocycles. The van der Waals surface area contributed by atoms with Crippen LogP contribution in [0.3, 0.4) is 0 Å². The van der Waals surface area contributed by atoms with Gasteiger partial charge in [0.25, 0.3) is 0 Å². The summed E-state index contributed by atoms with van der Waals surface area (Å²) < 4.78 is 5.36. The van der Waals surface area contributed by atoms with Gasteiger partial charge >= 0.3 is 0 Å². The van der Waals surface area contributed by atoms with Crippen molar-refractivity contribution >= 4 is 5.91 Å². The van der Waals surface area contributed by atoms with E-state index < -0.39 is 0 Å². The van der Waals surface area contributed by atoms with E-state index in [-0.39, 0.29) is 17.9 Å². The van der Waals surface area contributed by atoms with Crippen molar-refractivity contribution < 1.29 is 9.53 Å². The molecule has 1 aliphatic heterocycles. The average molecular weight is 269 g/mol. The summed E-state index contributed by atoms with van der Waals surface area (Å²) in [6.07, 6.45) is 4.34. The highest BCUT2D eigenvalue weighted by Gasteiger charge is 2.30. The van der Waals surface area contributed by atoms with E-state index in [2.05, 4.69) is 17.1 Å². The van der Waals surface area contributed by atoms with Crippen LogP contribution in [-0.2, 0) is 9.53 Å². The zero-order valence-electron chi connectivity index (χ0n) is 11.9. The summed E-state index contributed by atoms with van der Waals surface area (Å²) in [5.74, 6) is -0.128. The molecule has 0 radical (unpaired) electrons. The van der Waals surface area contributed by atoms with Crippen LogP contribution in [0.15, 0.2) is 0 Å². The van der Waals surface area contributed by atoms with Gasteiger partial charge in [0.1, 0.15) is 0 Å². The highest BCUT2D eigenvalue weighted by atomic mass is 16.5. The maximum absolute atomic E-state index is 11.5. The number of amides is 1. The Hall–Kier alpha value is -0.650. The number of hydrogen-bond donors (Lipinski definition) is 2. The molecule has 3 atom stereocenters. The average Bonchev–Trinajstić information content (AvgIpc) is 2.40. The van der Waals surface area contributed by atoms with E-state index in [9.17, 15) is 4.79 Å². The second-order valence-corrected chi connectivity index (χ2v) is 5.88. The van der Waals surface area contributed by atoms with E-state index in [0.717, 1.165) is 52.1 Å². The van der Waals surface area contributed by atoms with E-state index in [4.69, 9.17) is 10.5 Å². The lowest BCUT2D eigenvalue weighted by molar-refractivity contribution is -0.123. The third-order valence-electron chi connectivity index (χ3n) is 4.27. The first-order valence-electron chi connectivity index (χ1n) is 7.52. The van der Waals surface area contributed by atoms with Gasteiger partial charge in [0.15, 0.2) is 0 Å². The third-order valence-corrected chi connectivity index (χ3v) is 4.27. The Morgan fingerprint density at radius 2 is 2.05 bits per heavy atom. The lowest BCUT2D eigenvalue weighted by atomic mass is 9.83. The Kier molecular flexibility index (Phi) is 5.60. The van der Waals surface area contributed by atoms with Gasteiger partial charge in [0.2, 0.25) is 5.91 Å². The number of morpholine rings is 1. The van der Waals surface area contributed by atoms with E-state index in [0.29, 0.717) is 6.04 Å². The van der Waals surface area contributed by atoms with Crippen molar-refractivity contribution in [1.82, 2.24) is 10.2 Å². The van der Waals surface area contributed by atoms with Gasteiger partial charge in [-0.25, -0.2) is 0 Å². The van der Waals surface area contributed by atoms with Crippen LogP contribution in [0.4, 0.5) is 0 Å². The number of primary amides is 1. The number of carbonyl (C=O) groups excluding carboxylic acids is 1. The summed E-state index contributed by atoms with van der Waals surface area (Å²) in [5, 5.41) is 3.61. The number of nitrogens with two attached hydrogens (primary N) is 1. The second kappa shape index (κ2) is 7.22. The Morgan fingerprint density at radius 3 is 2.74 bits per heavy atom. The molecular formula is C14H27N3O2. The molecule has 110 valence electrons. The predicted octanol–water partition coefficient (Wildman–Crippen LogP) is 0.341. The van der Waals surface area contributed by atoms with Crippen molar-refractivity contribution in [2.75, 3.05) is 32.8 Å². The fourth-order valence-corrected chi connectivity index (χ4v) is 3.26. The number of hydrogen-bond acceptors (Lipinski definition) is 4. The first-order chi connectivity index (χ1) is 9.16. The molecule has 1 aliphatic carbocycles. The van der Waals surface area contributed by atoms with Crippen LogP contribution in [0.1, 0.15) is 32.6 Å². The second-order valence-electron chi connectivity index (χ2n) is 5.88. The Bertz CT molecular complexity index is 292. The molecule has 0 aromatic carbocycles. The predicted molar refractivity (Wildman–Crippen MR) is 74.8 cm³/mol. The van der Waals surface area contributed by atoms with Crippen molar-refractivity contribution in [2.45, 2.75) is 44.7 Å². The van der Waals surface area contributed by atoms with Crippen molar-refractivity contribution in [3.63, 3.8) is 0 Å². The fourth-order valence-electron chi connectivity index (χ4n) is 3.26. The first-order valence-corrected chi connectivity index (χ1v) is 7.52. The summed E-state index contributed by atoms with van der Waals surface area (Å²) in [6, 6.07) is 0.658. The van der Waals surface area contributed by atoms with Gasteiger partial charge in [0, 0.05) is 31.7 Å². The molecular weight excluding hydrogens is 242 g/mol. The number of carbonyl (C=O) groups is 1. The van der Waals surface area contributed by atoms with Crippen molar-refractivity contribution in [3.8, 4) is 0 Å². The van der Waals surface area contributed by atoms with Crippen LogP contribution in [0.25, 0.3) is 0 Å². The lowest BCUT2D eigenvalue weighted by Crippen LogP contribution is -2.52. The van der Waals surface area contributed by atoms with Crippen molar-refractivity contribution in [3.05, 3.63) is 0 Å². The topological polar surface area (TPSA) is 67.6 Å². The molecule has 19 heavy (non-hydrogen) atoms. The normalized spacial score (nSPS) is 31.0. The minimum atomic E-state index is -0.143. The monoisotopic (exact) mass is 269 g/mol. The minimum absolute atomic E-state index is 0.0147. The van der Waals surface area contributed by atoms with E-state index >= 15 is 0 Å². The largest absolute Gasteiger partial charge is 0.379 e. The van der Waals surface area contributed by atoms with Gasteiger partial charge < -0.3 is 15.8 Å². The van der Waals surface area contributed by atoms with Crippen LogP contribution < -0.4 is 11.1 Å². The van der Waals surface area contributed by atoms with Gasteiger partial charge in [-0.15, -0.1) is 0 Å². The molecule has 0 aromatic rings. The van der Waals surface area contributed by atoms with Crippen molar-refractivity contribution in [1.29, 1.82) is 0 Å². The Balaban J connectivity index is 1.79. The summed E-state index contributed by atoms with van der Waals surface area (Å²) in [5.41, 5.74) is 5.51. The number of nitrogens with one attached hydrogen (secondary N) is 1. The molecule has 0 unspecified atom stereocenters. The highest BCUT2D eigenvalue weighted by Crippen LogP contribution is 2.24. The van der Waals surface area contributed by atoms with Crippen LogP contribution in [0.5, 0.6) is 0 Å². The molecule has 2 rings (SSSR count). The quantitative estimate of drug-likeness (QED) is 0.755. The molecule has 3 N–H and O–H groups in total. The Labute approximate surface area is 115 Å². The Morgan fingerprint density at radius 1 is 1.37 bits per heavy atom. The van der Waals surface area contributed by atoms with Gasteiger partial charge in [-0.1, -0.05) is 12.8 Å². The molecule has 0 spiro atoms. The molecule has 5 heteroatoms. The zero-order valence-corrected chi connectivity index (χ0v) is 11.9. The zero-order chi connectivity index (χ0) is 13.7. The lowest BCUT2D eigenvalue weighted by Gasteiger charge is -2.35. The van der Waals surface area contributed by atoms with Crippen molar-refractivity contribution in [2.24, 2.45) is 11.7 Å². The highest BCUT2D eigenvalue weighted by molar-refractivity contribution is 5.77. The van der Waals surface area contributed by atoms with Gasteiger partial charge in [-0.05, 0) is 19.8 Å². The molecule has 2 fully saturated rings. The molecule has 1 heterocycles. The fraction of sp³-hybridized carbons (Fsp3) is 0.929. The number of rotatable bonds is 5. The van der Waals surface area contributed by atoms with E-state index in [1.54, 1.807) is 0 Å². The van der Waals surface area contributed by atoms with Crippen LogP contribution in [0.2, 0.25) is 0 Å². The summed E-state index contributed by atoms with van der Waals surface area (Å²) in [7, 11) is 0. The molecule has 0 aromatic heterocycles. The number of nitrogens with zero attached hydrogens (tertiary/aromatic N) is 1. The maximum atomic E-state index is 11.5. The SMILES string of the molecule is C[C@H](CN1CCOCC1)N[C@@H]1CCCC[C@@H]1C(N)=O. The van der Waals surface area contributed by atoms with Gasteiger partial charge in [-0.2, -0.15) is 0 Å². The van der Waals surface area contributed by atoms with Crippen LogP contribution >= 0.6 is 0 Å². The molecule has 1 amide bonds. The number of ether oxygens (including phenoxy) is 1. The van der Waals surface area contributed by atoms with Crippen LogP contribution in [-0.4, -0.2) is 55.7 Å². The van der Waals surface area contributed by atoms with Crippen LogP contribution in [0, 0.1) is 5.92 Å². The molecule has 1 saturated carbocycles. The third kappa shape index (κ3) is 4.44. The minimum Gasteiger partial charge on any atom is -0.379 e. The van der Waals surface area contributed by atoms with E-state index in [1.807, 2.05) is 0 Å². The summed E-state index contributed by atoms with van der Waals surface area (Å²) in [4.78, 5) is 13.9. The standard InChI is InChI=1S/C14H27N3O2/c1-11(10-17-6-8-19-9-7-17)16-13-5-3-2-4-12(13)14(15)18/h11-13,16H,2-10H2,1H3,(H2,15,18)/t11-,12+,13-/m1/s1. The molecule has 5 nitrogen and oxygen atoms in total. The first kappa shape index (κ1) is 14.8. The van der Waals surface area contributed by atoms with Gasteiger partial charge in [-0.3, -0.25) is 9.69 Å². The summed E-state index contributed by atoms with van der Waals surface area (Å²) in [6.45, 7) is 6.90. The molecule has 0 bridgehead atoms. The van der Waals surface area contributed by atoms with Gasteiger partial charge in [0.05, 0.1) is 19.1 Å². The smallest absolute Gasteiger partial charge is 0.222 e. The summed E-state index contributed by atoms with van der Waals surface area (Å²) >= 11 is 0. The molecule has 2 aliphatic rings. The maximum Gasteiger partial charge on any atom is 0.222 e. The van der Waals surface area contributed by atoms with E-state index in [1.165, 1.54) is 6.42 Å².